The number of para-hydroxylation sites is 2. The first kappa shape index (κ1) is 14.1. The number of aromatic nitrogens is 2. The zero-order valence-electron chi connectivity index (χ0n) is 11.0. The van der Waals surface area contributed by atoms with Gasteiger partial charge in [0.1, 0.15) is 0 Å². The topological polar surface area (TPSA) is 90.4 Å². The van der Waals surface area contributed by atoms with Crippen LogP contribution in [0.3, 0.4) is 0 Å². The molecule has 1 aromatic heterocycles. The number of carbonyl (C=O) groups is 1. The number of ether oxygens (including phenoxy) is 1. The summed E-state index contributed by atoms with van der Waals surface area (Å²) in [5, 5.41) is 12.8. The number of nitrogens with zero attached hydrogens (tertiary/aromatic N) is 2. The number of unbranched alkanes of at least 4 members (excludes halogenated alkanes) is 1. The second-order valence-corrected chi connectivity index (χ2v) is 4.27. The second kappa shape index (κ2) is 6.72. The Labute approximate surface area is 116 Å². The predicted octanol–water partition coefficient (Wildman–Crippen LogP) is 1.38. The summed E-state index contributed by atoms with van der Waals surface area (Å²) in [5.74, 6) is -0.476. The first-order chi connectivity index (χ1) is 9.72. The van der Waals surface area contributed by atoms with Crippen molar-refractivity contribution in [1.29, 1.82) is 0 Å². The number of aliphatic hydroxyl groups excluding tert-OH is 1. The highest BCUT2D eigenvalue weighted by atomic mass is 16.5. The molecular formula is C14H17N3O3. The molecule has 0 unspecified atom stereocenters. The number of aliphatic hydroxyl groups is 1. The van der Waals surface area contributed by atoms with E-state index < -0.39 is 5.97 Å². The minimum Gasteiger partial charge on any atom is -0.461 e. The Kier molecular flexibility index (Phi) is 4.73. The maximum atomic E-state index is 11.7. The summed E-state index contributed by atoms with van der Waals surface area (Å²) in [6.45, 7) is 0.374. The summed E-state index contributed by atoms with van der Waals surface area (Å²) < 4.78 is 6.59. The zero-order chi connectivity index (χ0) is 14.4. The monoisotopic (exact) mass is 275 g/mol. The number of nitrogen functional groups attached to an aromatic ring is 1. The van der Waals surface area contributed by atoms with E-state index in [1.165, 1.54) is 0 Å². The van der Waals surface area contributed by atoms with Crippen molar-refractivity contribution in [3.8, 4) is 5.69 Å². The van der Waals surface area contributed by atoms with Gasteiger partial charge in [-0.2, -0.15) is 5.10 Å². The van der Waals surface area contributed by atoms with E-state index in [0.717, 1.165) is 0 Å². The van der Waals surface area contributed by atoms with E-state index in [1.54, 1.807) is 23.0 Å². The van der Waals surface area contributed by atoms with Crippen LogP contribution in [0, 0.1) is 0 Å². The Morgan fingerprint density at radius 1 is 1.30 bits per heavy atom. The molecule has 2 aromatic rings. The third-order valence-corrected chi connectivity index (χ3v) is 2.77. The van der Waals surface area contributed by atoms with Crippen molar-refractivity contribution >= 4 is 11.7 Å². The Morgan fingerprint density at radius 2 is 2.10 bits per heavy atom. The first-order valence-corrected chi connectivity index (χ1v) is 6.41. The average Bonchev–Trinajstić information content (AvgIpc) is 2.93. The van der Waals surface area contributed by atoms with Crippen LogP contribution in [0.5, 0.6) is 0 Å². The predicted molar refractivity (Wildman–Crippen MR) is 74.6 cm³/mol. The van der Waals surface area contributed by atoms with Crippen LogP contribution < -0.4 is 5.73 Å². The number of rotatable bonds is 6. The SMILES string of the molecule is Nc1ccccc1-n1ccc(C(=O)OCCCCO)n1. The Bertz CT molecular complexity index is 581. The molecule has 0 spiro atoms. The van der Waals surface area contributed by atoms with Crippen molar-refractivity contribution in [3.05, 3.63) is 42.2 Å². The van der Waals surface area contributed by atoms with Crippen molar-refractivity contribution < 1.29 is 14.6 Å². The van der Waals surface area contributed by atoms with Gasteiger partial charge in [0.2, 0.25) is 0 Å². The molecule has 20 heavy (non-hydrogen) atoms. The van der Waals surface area contributed by atoms with Crippen LogP contribution in [-0.4, -0.2) is 34.1 Å². The first-order valence-electron chi connectivity index (χ1n) is 6.41. The molecular weight excluding hydrogens is 258 g/mol. The van der Waals surface area contributed by atoms with Crippen molar-refractivity contribution in [2.75, 3.05) is 18.9 Å². The molecule has 0 amide bonds. The highest BCUT2D eigenvalue weighted by Gasteiger charge is 2.12. The van der Waals surface area contributed by atoms with Gasteiger partial charge < -0.3 is 15.6 Å². The van der Waals surface area contributed by atoms with E-state index >= 15 is 0 Å². The molecule has 1 aromatic carbocycles. The lowest BCUT2D eigenvalue weighted by molar-refractivity contribution is 0.0485. The Hall–Kier alpha value is -2.34. The van der Waals surface area contributed by atoms with Crippen molar-refractivity contribution in [2.45, 2.75) is 12.8 Å². The van der Waals surface area contributed by atoms with Crippen molar-refractivity contribution in [1.82, 2.24) is 9.78 Å². The molecule has 0 saturated carbocycles. The van der Waals surface area contributed by atoms with Gasteiger partial charge in [-0.15, -0.1) is 0 Å². The number of hydrogen-bond acceptors (Lipinski definition) is 5. The normalized spacial score (nSPS) is 10.4. The number of benzene rings is 1. The molecule has 0 saturated heterocycles. The van der Waals surface area contributed by atoms with E-state index in [-0.39, 0.29) is 18.9 Å². The quantitative estimate of drug-likeness (QED) is 0.472. The van der Waals surface area contributed by atoms with Crippen LogP contribution in [-0.2, 0) is 4.74 Å². The van der Waals surface area contributed by atoms with Gasteiger partial charge in [-0.1, -0.05) is 12.1 Å². The van der Waals surface area contributed by atoms with E-state index in [2.05, 4.69) is 5.10 Å². The highest BCUT2D eigenvalue weighted by Crippen LogP contribution is 2.15. The van der Waals surface area contributed by atoms with E-state index in [1.807, 2.05) is 18.2 Å². The van der Waals surface area contributed by atoms with Crippen LogP contribution in [0.25, 0.3) is 5.69 Å². The fraction of sp³-hybridized carbons (Fsp3) is 0.286. The van der Waals surface area contributed by atoms with Crippen LogP contribution in [0.1, 0.15) is 23.3 Å². The summed E-state index contributed by atoms with van der Waals surface area (Å²) in [6.07, 6.45) is 2.91. The standard InChI is InChI=1S/C14H17N3O3/c15-11-5-1-2-6-13(11)17-8-7-12(16-17)14(19)20-10-4-3-9-18/h1-2,5-8,18H,3-4,9-10,15H2. The van der Waals surface area contributed by atoms with Gasteiger partial charge in [0.15, 0.2) is 5.69 Å². The zero-order valence-corrected chi connectivity index (χ0v) is 11.0. The summed E-state index contributed by atoms with van der Waals surface area (Å²) in [7, 11) is 0. The van der Waals surface area contributed by atoms with E-state index in [0.29, 0.717) is 24.2 Å². The van der Waals surface area contributed by atoms with Crippen LogP contribution >= 0.6 is 0 Å². The third-order valence-electron chi connectivity index (χ3n) is 2.77. The summed E-state index contributed by atoms with van der Waals surface area (Å²) in [4.78, 5) is 11.7. The molecule has 0 atom stereocenters. The fourth-order valence-corrected chi connectivity index (χ4v) is 1.72. The summed E-state index contributed by atoms with van der Waals surface area (Å²) >= 11 is 0. The molecule has 2 rings (SSSR count). The Balaban J connectivity index is 2.02. The second-order valence-electron chi connectivity index (χ2n) is 4.27. The Morgan fingerprint density at radius 3 is 2.85 bits per heavy atom. The molecule has 0 bridgehead atoms. The lowest BCUT2D eigenvalue weighted by atomic mass is 10.3. The maximum Gasteiger partial charge on any atom is 0.358 e. The molecule has 6 heteroatoms. The molecule has 0 fully saturated rings. The summed E-state index contributed by atoms with van der Waals surface area (Å²) in [6, 6.07) is 8.85. The smallest absolute Gasteiger partial charge is 0.358 e. The number of carbonyl (C=O) groups excluding carboxylic acids is 1. The number of nitrogens with two attached hydrogens (primary N) is 1. The number of hydrogen-bond donors (Lipinski definition) is 2. The largest absolute Gasteiger partial charge is 0.461 e. The van der Waals surface area contributed by atoms with Gasteiger partial charge in [-0.05, 0) is 31.0 Å². The van der Waals surface area contributed by atoms with E-state index in [4.69, 9.17) is 15.6 Å². The van der Waals surface area contributed by atoms with Crippen LogP contribution in [0.15, 0.2) is 36.5 Å². The fourth-order valence-electron chi connectivity index (χ4n) is 1.72. The lowest BCUT2D eigenvalue weighted by Crippen LogP contribution is -2.09. The molecule has 6 nitrogen and oxygen atoms in total. The van der Waals surface area contributed by atoms with Crippen molar-refractivity contribution in [2.24, 2.45) is 0 Å². The van der Waals surface area contributed by atoms with Gasteiger partial charge >= 0.3 is 5.97 Å². The van der Waals surface area contributed by atoms with Crippen LogP contribution in [0.2, 0.25) is 0 Å². The summed E-state index contributed by atoms with van der Waals surface area (Å²) in [5.41, 5.74) is 7.38. The molecule has 3 N–H and O–H groups in total. The molecule has 106 valence electrons. The average molecular weight is 275 g/mol. The maximum absolute atomic E-state index is 11.7. The molecule has 0 radical (unpaired) electrons. The molecule has 0 aliphatic heterocycles. The lowest BCUT2D eigenvalue weighted by Gasteiger charge is -2.04. The highest BCUT2D eigenvalue weighted by molar-refractivity contribution is 5.87. The number of anilines is 1. The third kappa shape index (κ3) is 3.36. The molecule has 0 aliphatic rings. The van der Waals surface area contributed by atoms with Gasteiger partial charge in [0.05, 0.1) is 18.0 Å². The van der Waals surface area contributed by atoms with Gasteiger partial charge in [-0.25, -0.2) is 9.48 Å². The minimum atomic E-state index is -0.476. The van der Waals surface area contributed by atoms with Crippen LogP contribution in [0.4, 0.5) is 5.69 Å². The van der Waals surface area contributed by atoms with Crippen molar-refractivity contribution in [3.63, 3.8) is 0 Å². The minimum absolute atomic E-state index is 0.0967. The molecule has 0 aliphatic carbocycles. The molecule has 1 heterocycles. The number of esters is 1. The van der Waals surface area contributed by atoms with Gasteiger partial charge in [0, 0.05) is 12.8 Å². The van der Waals surface area contributed by atoms with Gasteiger partial charge in [0.25, 0.3) is 0 Å². The van der Waals surface area contributed by atoms with Gasteiger partial charge in [-0.3, -0.25) is 0 Å². The van der Waals surface area contributed by atoms with E-state index in [9.17, 15) is 4.79 Å².